The zero-order valence-corrected chi connectivity index (χ0v) is 17.6. The molecule has 0 saturated carbocycles. The lowest BCUT2D eigenvalue weighted by Gasteiger charge is -2.32. The molecule has 1 fully saturated rings. The minimum absolute atomic E-state index is 0.0154. The van der Waals surface area contributed by atoms with Gasteiger partial charge < -0.3 is 14.6 Å². The maximum Gasteiger partial charge on any atom is 0.314 e. The molecule has 0 radical (unpaired) electrons. The monoisotopic (exact) mass is 418 g/mol. The molecule has 0 aliphatic carbocycles. The van der Waals surface area contributed by atoms with Crippen LogP contribution in [0.2, 0.25) is 0 Å². The molecule has 8 heteroatoms. The summed E-state index contributed by atoms with van der Waals surface area (Å²) in [5, 5.41) is 4.69. The minimum Gasteiger partial charge on any atom is -0.466 e. The average molecular weight is 419 g/mol. The van der Waals surface area contributed by atoms with E-state index in [1.54, 1.807) is 11.3 Å². The van der Waals surface area contributed by atoms with Crippen molar-refractivity contribution in [3.8, 4) is 10.4 Å². The summed E-state index contributed by atoms with van der Waals surface area (Å²) < 4.78 is 5.21. The molecule has 3 atom stereocenters. The van der Waals surface area contributed by atoms with Gasteiger partial charge >= 0.3 is 5.97 Å². The molecule has 0 spiro atoms. The van der Waals surface area contributed by atoms with Gasteiger partial charge in [-0.15, -0.1) is 22.7 Å². The molecule has 6 nitrogen and oxygen atoms in total. The molecule has 3 aromatic rings. The number of fused-ring (bicyclic) bond motifs is 1. The number of ether oxygens (including phenoxy) is 1. The van der Waals surface area contributed by atoms with E-state index >= 15 is 0 Å². The maximum absolute atomic E-state index is 12.9. The summed E-state index contributed by atoms with van der Waals surface area (Å²) >= 11 is 3.13. The smallest absolute Gasteiger partial charge is 0.314 e. The molecule has 2 N–H and O–H groups in total. The van der Waals surface area contributed by atoms with Gasteiger partial charge in [-0.05, 0) is 38.1 Å². The van der Waals surface area contributed by atoms with E-state index in [2.05, 4.69) is 11.9 Å². The van der Waals surface area contributed by atoms with Crippen LogP contribution < -0.4 is 10.5 Å². The summed E-state index contributed by atoms with van der Waals surface area (Å²) in [6, 6.07) is 4.03. The van der Waals surface area contributed by atoms with Gasteiger partial charge in [0.15, 0.2) is 5.82 Å². The lowest BCUT2D eigenvalue weighted by molar-refractivity contribution is -0.937. The van der Waals surface area contributed by atoms with Gasteiger partial charge in [-0.25, -0.2) is 4.98 Å². The molecule has 1 saturated heterocycles. The fraction of sp³-hybridized carbons (Fsp3) is 0.450. The van der Waals surface area contributed by atoms with Crippen LogP contribution in [0.3, 0.4) is 0 Å². The molecule has 0 bridgehead atoms. The van der Waals surface area contributed by atoms with E-state index in [9.17, 15) is 9.59 Å². The normalized spacial score (nSPS) is 20.9. The first kappa shape index (κ1) is 19.3. The van der Waals surface area contributed by atoms with E-state index in [1.807, 2.05) is 29.8 Å². The van der Waals surface area contributed by atoms with Gasteiger partial charge in [-0.3, -0.25) is 9.59 Å². The summed E-state index contributed by atoms with van der Waals surface area (Å²) in [6.45, 7) is 6.00. The number of esters is 1. The average Bonchev–Trinajstić information content (AvgIpc) is 3.37. The Morgan fingerprint density at radius 1 is 1.46 bits per heavy atom. The standard InChI is InChI=1S/C20H23N3O3S2/c1-3-26-20(25)13-6-4-8-23(10-13)12(2)17-21-18(24)16-14(11-28-19(16)22-17)15-7-5-9-27-15/h5,7,9,11-13H,3-4,6,8,10H2,1-2H3,(H,21,22,24)/p+1/t12-,13-/m0/s1. The molecule has 3 aromatic heterocycles. The number of aromatic amines is 1. The summed E-state index contributed by atoms with van der Waals surface area (Å²) in [7, 11) is 0. The molecular weight excluding hydrogens is 394 g/mol. The molecule has 28 heavy (non-hydrogen) atoms. The number of carbonyl (C=O) groups excluding carboxylic acids is 1. The van der Waals surface area contributed by atoms with Crippen molar-refractivity contribution in [2.45, 2.75) is 32.7 Å². The predicted octanol–water partition coefficient (Wildman–Crippen LogP) is 2.63. The van der Waals surface area contributed by atoms with Crippen molar-refractivity contribution in [3.63, 3.8) is 0 Å². The Morgan fingerprint density at radius 2 is 2.32 bits per heavy atom. The van der Waals surface area contributed by atoms with Crippen molar-refractivity contribution in [3.05, 3.63) is 39.1 Å². The van der Waals surface area contributed by atoms with Crippen molar-refractivity contribution < 1.29 is 14.4 Å². The van der Waals surface area contributed by atoms with E-state index in [0.717, 1.165) is 34.7 Å². The van der Waals surface area contributed by atoms with E-state index in [0.29, 0.717) is 24.4 Å². The summed E-state index contributed by atoms with van der Waals surface area (Å²) in [4.78, 5) is 35.9. The van der Waals surface area contributed by atoms with Gasteiger partial charge in [0, 0.05) is 15.8 Å². The molecule has 4 heterocycles. The summed E-state index contributed by atoms with van der Waals surface area (Å²) in [5.41, 5.74) is 0.866. The van der Waals surface area contributed by atoms with Crippen LogP contribution in [0.1, 0.15) is 38.6 Å². The highest BCUT2D eigenvalue weighted by atomic mass is 32.1. The van der Waals surface area contributed by atoms with E-state index in [1.165, 1.54) is 16.2 Å². The summed E-state index contributed by atoms with van der Waals surface area (Å²) in [5.74, 6) is 0.507. The highest BCUT2D eigenvalue weighted by Gasteiger charge is 2.34. The van der Waals surface area contributed by atoms with E-state index in [-0.39, 0.29) is 23.5 Å². The largest absolute Gasteiger partial charge is 0.466 e. The number of likely N-dealkylation sites (tertiary alicyclic amines) is 1. The van der Waals surface area contributed by atoms with Crippen molar-refractivity contribution in [1.29, 1.82) is 0 Å². The molecule has 0 amide bonds. The summed E-state index contributed by atoms with van der Waals surface area (Å²) in [6.07, 6.45) is 1.84. The van der Waals surface area contributed by atoms with Crippen LogP contribution in [-0.2, 0) is 9.53 Å². The zero-order chi connectivity index (χ0) is 19.7. The Bertz CT molecular complexity index is 1030. The first-order valence-electron chi connectivity index (χ1n) is 9.65. The van der Waals surface area contributed by atoms with Gasteiger partial charge in [-0.2, -0.15) is 0 Å². The number of quaternary nitrogens is 1. The van der Waals surface area contributed by atoms with Crippen LogP contribution in [-0.4, -0.2) is 35.6 Å². The number of nitrogens with one attached hydrogen (secondary N) is 2. The van der Waals surface area contributed by atoms with E-state index in [4.69, 9.17) is 9.72 Å². The number of piperidine rings is 1. The van der Waals surface area contributed by atoms with E-state index < -0.39 is 0 Å². The van der Waals surface area contributed by atoms with Crippen LogP contribution in [0.15, 0.2) is 27.7 Å². The number of hydrogen-bond acceptors (Lipinski definition) is 6. The minimum atomic E-state index is -0.109. The molecule has 1 unspecified atom stereocenters. The molecular formula is C20H24N3O3S2+. The quantitative estimate of drug-likeness (QED) is 0.625. The van der Waals surface area contributed by atoms with Gasteiger partial charge in [0.25, 0.3) is 5.56 Å². The third-order valence-corrected chi connectivity index (χ3v) is 7.23. The SMILES string of the molecule is CCOC(=O)[C@H]1CCC[NH+]([C@@H](C)c2nc3scc(-c4cccs4)c3c(=O)[nH]2)C1. The highest BCUT2D eigenvalue weighted by Crippen LogP contribution is 2.33. The van der Waals surface area contributed by atoms with Gasteiger partial charge in [0.1, 0.15) is 16.8 Å². The third kappa shape index (κ3) is 3.64. The highest BCUT2D eigenvalue weighted by molar-refractivity contribution is 7.18. The van der Waals surface area contributed by atoms with Gasteiger partial charge in [0.05, 0.1) is 25.1 Å². The zero-order valence-electron chi connectivity index (χ0n) is 16.0. The van der Waals surface area contributed by atoms with Crippen LogP contribution in [0.5, 0.6) is 0 Å². The Balaban J connectivity index is 1.60. The lowest BCUT2D eigenvalue weighted by atomic mass is 9.97. The molecule has 1 aliphatic rings. The maximum atomic E-state index is 12.9. The lowest BCUT2D eigenvalue weighted by Crippen LogP contribution is -3.13. The first-order chi connectivity index (χ1) is 13.6. The Kier molecular flexibility index (Phi) is 5.61. The van der Waals surface area contributed by atoms with Crippen molar-refractivity contribution in [2.24, 2.45) is 5.92 Å². The molecule has 1 aliphatic heterocycles. The number of aromatic nitrogens is 2. The number of carbonyl (C=O) groups is 1. The third-order valence-electron chi connectivity index (χ3n) is 5.45. The van der Waals surface area contributed by atoms with Gasteiger partial charge in [0.2, 0.25) is 0 Å². The number of rotatable bonds is 5. The van der Waals surface area contributed by atoms with Crippen LogP contribution in [0.25, 0.3) is 20.7 Å². The predicted molar refractivity (Wildman–Crippen MR) is 112 cm³/mol. The van der Waals surface area contributed by atoms with Crippen molar-refractivity contribution in [1.82, 2.24) is 9.97 Å². The molecule has 0 aromatic carbocycles. The fourth-order valence-corrected chi connectivity index (χ4v) is 5.70. The van der Waals surface area contributed by atoms with Crippen LogP contribution in [0.4, 0.5) is 0 Å². The molecule has 148 valence electrons. The van der Waals surface area contributed by atoms with Crippen LogP contribution in [0, 0.1) is 5.92 Å². The van der Waals surface area contributed by atoms with Crippen LogP contribution >= 0.6 is 22.7 Å². The topological polar surface area (TPSA) is 76.5 Å². The number of H-pyrrole nitrogens is 1. The van der Waals surface area contributed by atoms with Crippen molar-refractivity contribution in [2.75, 3.05) is 19.7 Å². The number of hydrogen-bond donors (Lipinski definition) is 2. The number of nitrogens with zero attached hydrogens (tertiary/aromatic N) is 1. The second kappa shape index (κ2) is 8.14. The fourth-order valence-electron chi connectivity index (χ4n) is 3.93. The Morgan fingerprint density at radius 3 is 3.07 bits per heavy atom. The second-order valence-corrected chi connectivity index (χ2v) is 8.99. The number of thiophene rings is 2. The first-order valence-corrected chi connectivity index (χ1v) is 11.4. The molecule has 4 rings (SSSR count). The Labute approximate surface area is 171 Å². The van der Waals surface area contributed by atoms with Gasteiger partial charge in [-0.1, -0.05) is 6.07 Å². The van der Waals surface area contributed by atoms with Crippen molar-refractivity contribution >= 4 is 38.9 Å². The Hall–Kier alpha value is -2.03. The second-order valence-electron chi connectivity index (χ2n) is 7.18.